The number of nitrogens with two attached hydrogens (primary N) is 1. The second kappa shape index (κ2) is 6.26. The van der Waals surface area contributed by atoms with Gasteiger partial charge in [0.25, 0.3) is 0 Å². The normalized spacial score (nSPS) is 24.3. The molecule has 0 radical (unpaired) electrons. The second-order valence-corrected chi connectivity index (χ2v) is 5.99. The molecule has 0 spiro atoms. The van der Waals surface area contributed by atoms with Gasteiger partial charge in [-0.15, -0.1) is 0 Å². The molecule has 108 valence electrons. The molecule has 2 aliphatic carbocycles. The molecule has 19 heavy (non-hydrogen) atoms. The number of nitrogens with one attached hydrogen (secondary N) is 1. The van der Waals surface area contributed by atoms with Crippen LogP contribution in [0.5, 0.6) is 0 Å². The SMILES string of the molecule is NC(=NO)C1(C(=O)NCC2CCC2)CCCCCC1. The average molecular weight is 267 g/mol. The van der Waals surface area contributed by atoms with Crippen molar-refractivity contribution in [2.24, 2.45) is 22.2 Å². The summed E-state index contributed by atoms with van der Waals surface area (Å²) < 4.78 is 0. The summed E-state index contributed by atoms with van der Waals surface area (Å²) in [7, 11) is 0. The highest BCUT2D eigenvalue weighted by molar-refractivity contribution is 6.06. The lowest BCUT2D eigenvalue weighted by atomic mass is 9.77. The molecule has 0 aromatic carbocycles. The summed E-state index contributed by atoms with van der Waals surface area (Å²) >= 11 is 0. The smallest absolute Gasteiger partial charge is 0.233 e. The summed E-state index contributed by atoms with van der Waals surface area (Å²) in [6.45, 7) is 0.735. The number of carbonyl (C=O) groups is 1. The molecule has 0 aromatic rings. The minimum Gasteiger partial charge on any atom is -0.409 e. The van der Waals surface area contributed by atoms with Crippen molar-refractivity contribution in [3.63, 3.8) is 0 Å². The van der Waals surface area contributed by atoms with Crippen LogP contribution in [-0.2, 0) is 4.79 Å². The zero-order valence-corrected chi connectivity index (χ0v) is 11.5. The topological polar surface area (TPSA) is 87.7 Å². The van der Waals surface area contributed by atoms with Gasteiger partial charge in [0.1, 0.15) is 5.41 Å². The third kappa shape index (κ3) is 3.01. The summed E-state index contributed by atoms with van der Waals surface area (Å²) in [5.74, 6) is 0.663. The Hall–Kier alpha value is -1.26. The molecule has 1 amide bonds. The van der Waals surface area contributed by atoms with Crippen LogP contribution in [0.25, 0.3) is 0 Å². The first kappa shape index (κ1) is 14.2. The van der Waals surface area contributed by atoms with Gasteiger partial charge in [-0.25, -0.2) is 0 Å². The molecular formula is C14H25N3O2. The van der Waals surface area contributed by atoms with Gasteiger partial charge in [0.15, 0.2) is 5.84 Å². The Balaban J connectivity index is 2.04. The fourth-order valence-electron chi connectivity index (χ4n) is 3.13. The quantitative estimate of drug-likeness (QED) is 0.239. The van der Waals surface area contributed by atoms with Crippen LogP contribution in [0.4, 0.5) is 0 Å². The Bertz CT molecular complexity index is 343. The van der Waals surface area contributed by atoms with Crippen molar-refractivity contribution in [2.45, 2.75) is 57.8 Å². The van der Waals surface area contributed by atoms with E-state index < -0.39 is 5.41 Å². The maximum atomic E-state index is 12.5. The van der Waals surface area contributed by atoms with Crippen molar-refractivity contribution in [3.05, 3.63) is 0 Å². The maximum Gasteiger partial charge on any atom is 0.233 e. The predicted molar refractivity (Wildman–Crippen MR) is 73.9 cm³/mol. The Morgan fingerprint density at radius 2 is 1.84 bits per heavy atom. The van der Waals surface area contributed by atoms with Crippen molar-refractivity contribution in [1.29, 1.82) is 0 Å². The molecule has 0 aliphatic heterocycles. The zero-order valence-electron chi connectivity index (χ0n) is 11.5. The van der Waals surface area contributed by atoms with E-state index in [9.17, 15) is 4.79 Å². The van der Waals surface area contributed by atoms with Crippen LogP contribution in [-0.4, -0.2) is 23.5 Å². The van der Waals surface area contributed by atoms with Gasteiger partial charge in [0.05, 0.1) is 0 Å². The van der Waals surface area contributed by atoms with E-state index in [1.807, 2.05) is 0 Å². The van der Waals surface area contributed by atoms with Gasteiger partial charge >= 0.3 is 0 Å². The first-order valence-electron chi connectivity index (χ1n) is 7.45. The van der Waals surface area contributed by atoms with E-state index in [4.69, 9.17) is 10.9 Å². The van der Waals surface area contributed by atoms with Crippen LogP contribution in [0.1, 0.15) is 57.8 Å². The lowest BCUT2D eigenvalue weighted by Crippen LogP contribution is -2.50. The molecule has 0 unspecified atom stereocenters. The molecule has 5 nitrogen and oxygen atoms in total. The molecule has 2 aliphatic rings. The van der Waals surface area contributed by atoms with Gasteiger partial charge in [-0.1, -0.05) is 37.3 Å². The molecule has 2 fully saturated rings. The highest BCUT2D eigenvalue weighted by Gasteiger charge is 2.43. The van der Waals surface area contributed by atoms with E-state index in [0.29, 0.717) is 18.8 Å². The molecule has 0 saturated heterocycles. The number of hydrogen-bond acceptors (Lipinski definition) is 3. The fourth-order valence-corrected chi connectivity index (χ4v) is 3.13. The predicted octanol–water partition coefficient (Wildman–Crippen LogP) is 1.99. The third-order valence-corrected chi connectivity index (χ3v) is 4.77. The second-order valence-electron chi connectivity index (χ2n) is 5.99. The van der Waals surface area contributed by atoms with E-state index >= 15 is 0 Å². The molecule has 0 bridgehead atoms. The van der Waals surface area contributed by atoms with E-state index in [1.54, 1.807) is 0 Å². The van der Waals surface area contributed by atoms with Gasteiger partial charge in [0, 0.05) is 6.54 Å². The van der Waals surface area contributed by atoms with Crippen LogP contribution >= 0.6 is 0 Å². The molecule has 4 N–H and O–H groups in total. The van der Waals surface area contributed by atoms with E-state index in [-0.39, 0.29) is 11.7 Å². The number of amidine groups is 1. The number of hydrogen-bond donors (Lipinski definition) is 3. The fraction of sp³-hybridized carbons (Fsp3) is 0.857. The number of carbonyl (C=O) groups excluding carboxylic acids is 1. The van der Waals surface area contributed by atoms with Gasteiger partial charge in [-0.05, 0) is 31.6 Å². The van der Waals surface area contributed by atoms with E-state index in [1.165, 1.54) is 19.3 Å². The van der Waals surface area contributed by atoms with E-state index in [2.05, 4.69) is 10.5 Å². The van der Waals surface area contributed by atoms with Gasteiger partial charge in [-0.2, -0.15) is 0 Å². The summed E-state index contributed by atoms with van der Waals surface area (Å²) in [5.41, 5.74) is 5.06. The highest BCUT2D eigenvalue weighted by atomic mass is 16.4. The lowest BCUT2D eigenvalue weighted by molar-refractivity contribution is -0.128. The molecule has 2 saturated carbocycles. The number of oxime groups is 1. The largest absolute Gasteiger partial charge is 0.409 e. The third-order valence-electron chi connectivity index (χ3n) is 4.77. The van der Waals surface area contributed by atoms with Crippen LogP contribution in [0.2, 0.25) is 0 Å². The minimum atomic E-state index is -0.783. The minimum absolute atomic E-state index is 0.0448. The van der Waals surface area contributed by atoms with Crippen LogP contribution < -0.4 is 11.1 Å². The van der Waals surface area contributed by atoms with Gasteiger partial charge < -0.3 is 16.3 Å². The standard InChI is InChI=1S/C14H25N3O2/c15-12(17-19)14(8-3-1-2-4-9-14)13(18)16-10-11-6-5-7-11/h11,19H,1-10H2,(H2,15,17)(H,16,18). The lowest BCUT2D eigenvalue weighted by Gasteiger charge is -2.32. The van der Waals surface area contributed by atoms with Crippen LogP contribution in [0.3, 0.4) is 0 Å². The van der Waals surface area contributed by atoms with Crippen LogP contribution in [0, 0.1) is 11.3 Å². The highest BCUT2D eigenvalue weighted by Crippen LogP contribution is 2.36. The van der Waals surface area contributed by atoms with Gasteiger partial charge in [-0.3, -0.25) is 4.79 Å². The summed E-state index contributed by atoms with van der Waals surface area (Å²) in [6, 6.07) is 0. The molecule has 0 atom stereocenters. The van der Waals surface area contributed by atoms with Crippen molar-refractivity contribution in [2.75, 3.05) is 6.54 Å². The van der Waals surface area contributed by atoms with Crippen molar-refractivity contribution < 1.29 is 10.0 Å². The van der Waals surface area contributed by atoms with Crippen LogP contribution in [0.15, 0.2) is 5.16 Å². The Labute approximate surface area is 114 Å². The zero-order chi connectivity index (χ0) is 13.7. The van der Waals surface area contributed by atoms with Crippen molar-refractivity contribution in [3.8, 4) is 0 Å². The Morgan fingerprint density at radius 3 is 2.32 bits per heavy atom. The van der Waals surface area contributed by atoms with Gasteiger partial charge in [0.2, 0.25) is 5.91 Å². The summed E-state index contributed by atoms with van der Waals surface area (Å²) in [5, 5.41) is 15.2. The molecule has 0 aromatic heterocycles. The average Bonchev–Trinajstić information content (AvgIpc) is 2.62. The molecule has 0 heterocycles. The summed E-state index contributed by atoms with van der Waals surface area (Å²) in [4.78, 5) is 12.5. The number of nitrogens with zero attached hydrogens (tertiary/aromatic N) is 1. The first-order chi connectivity index (χ1) is 9.19. The Kier molecular flexibility index (Phi) is 4.66. The number of amides is 1. The van der Waals surface area contributed by atoms with Crippen molar-refractivity contribution in [1.82, 2.24) is 5.32 Å². The summed E-state index contributed by atoms with van der Waals surface area (Å²) in [6.07, 6.45) is 9.24. The molecular weight excluding hydrogens is 242 g/mol. The monoisotopic (exact) mass is 267 g/mol. The molecule has 2 rings (SSSR count). The maximum absolute atomic E-state index is 12.5. The van der Waals surface area contributed by atoms with E-state index in [0.717, 1.165) is 32.2 Å². The van der Waals surface area contributed by atoms with Crippen molar-refractivity contribution >= 4 is 11.7 Å². The Morgan fingerprint density at radius 1 is 1.21 bits per heavy atom. The molecule has 5 heteroatoms. The first-order valence-corrected chi connectivity index (χ1v) is 7.45. The number of rotatable bonds is 4.